The van der Waals surface area contributed by atoms with Gasteiger partial charge in [0.25, 0.3) is 0 Å². The highest BCUT2D eigenvalue weighted by Crippen LogP contribution is 2.33. The van der Waals surface area contributed by atoms with E-state index in [1.54, 1.807) is 14.2 Å². The Balaban J connectivity index is 2.13. The predicted octanol–water partition coefficient (Wildman–Crippen LogP) is 2.21. The first-order valence-corrected chi connectivity index (χ1v) is 7.24. The van der Waals surface area contributed by atoms with Crippen LogP contribution in [0.3, 0.4) is 0 Å². The number of ether oxygens (including phenoxy) is 2. The van der Waals surface area contributed by atoms with Crippen LogP contribution in [0, 0.1) is 0 Å². The number of rotatable bonds is 4. The van der Waals surface area contributed by atoms with Gasteiger partial charge < -0.3 is 14.4 Å². The predicted molar refractivity (Wildman–Crippen MR) is 80.0 cm³/mol. The van der Waals surface area contributed by atoms with Gasteiger partial charge in [0.15, 0.2) is 0 Å². The highest BCUT2D eigenvalue weighted by molar-refractivity contribution is 9.10. The third kappa shape index (κ3) is 3.61. The molecule has 1 aromatic carbocycles. The molecule has 1 aliphatic rings. The van der Waals surface area contributed by atoms with Gasteiger partial charge in [-0.15, -0.1) is 0 Å². The van der Waals surface area contributed by atoms with E-state index in [1.807, 2.05) is 6.07 Å². The summed E-state index contributed by atoms with van der Waals surface area (Å²) in [5.74, 6) is 1.69. The maximum absolute atomic E-state index is 5.47. The molecule has 1 heterocycles. The van der Waals surface area contributed by atoms with Crippen molar-refractivity contribution in [2.75, 3.05) is 47.4 Å². The van der Waals surface area contributed by atoms with E-state index in [2.05, 4.69) is 38.8 Å². The van der Waals surface area contributed by atoms with Crippen molar-refractivity contribution in [2.45, 2.75) is 6.54 Å². The molecule has 2 rings (SSSR count). The summed E-state index contributed by atoms with van der Waals surface area (Å²) in [6, 6.07) is 4.03. The molecule has 0 bridgehead atoms. The highest BCUT2D eigenvalue weighted by atomic mass is 79.9. The average molecular weight is 329 g/mol. The average Bonchev–Trinajstić information content (AvgIpc) is 2.42. The fourth-order valence-corrected chi connectivity index (χ4v) is 2.85. The number of piperazine rings is 1. The summed E-state index contributed by atoms with van der Waals surface area (Å²) in [6.07, 6.45) is 0. The first kappa shape index (κ1) is 14.6. The van der Waals surface area contributed by atoms with Crippen LogP contribution in [0.2, 0.25) is 0 Å². The van der Waals surface area contributed by atoms with E-state index in [1.165, 1.54) is 5.56 Å². The zero-order valence-electron chi connectivity index (χ0n) is 11.8. The van der Waals surface area contributed by atoms with Gasteiger partial charge in [0.05, 0.1) is 18.7 Å². The van der Waals surface area contributed by atoms with E-state index in [4.69, 9.17) is 9.47 Å². The zero-order valence-corrected chi connectivity index (χ0v) is 13.4. The fourth-order valence-electron chi connectivity index (χ4n) is 2.29. The van der Waals surface area contributed by atoms with Gasteiger partial charge in [0, 0.05) is 44.4 Å². The number of likely N-dealkylation sites (N-methyl/N-ethyl adjacent to an activating group) is 1. The molecular formula is C14H21BrN2O2. The molecule has 0 saturated carbocycles. The fraction of sp³-hybridized carbons (Fsp3) is 0.571. The van der Waals surface area contributed by atoms with E-state index in [-0.39, 0.29) is 0 Å². The van der Waals surface area contributed by atoms with Gasteiger partial charge in [-0.05, 0) is 29.0 Å². The Morgan fingerprint density at radius 3 is 2.26 bits per heavy atom. The monoisotopic (exact) mass is 328 g/mol. The number of hydrogen-bond acceptors (Lipinski definition) is 4. The van der Waals surface area contributed by atoms with Crippen molar-refractivity contribution >= 4 is 15.9 Å². The molecule has 1 saturated heterocycles. The summed E-state index contributed by atoms with van der Waals surface area (Å²) in [5.41, 5.74) is 1.19. The molecule has 106 valence electrons. The molecule has 1 aromatic rings. The van der Waals surface area contributed by atoms with Gasteiger partial charge >= 0.3 is 0 Å². The van der Waals surface area contributed by atoms with Gasteiger partial charge in [-0.25, -0.2) is 0 Å². The summed E-state index contributed by atoms with van der Waals surface area (Å²) < 4.78 is 11.7. The molecular weight excluding hydrogens is 308 g/mol. The maximum Gasteiger partial charge on any atom is 0.136 e. The third-order valence-corrected chi connectivity index (χ3v) is 4.16. The molecule has 0 aliphatic carbocycles. The Hall–Kier alpha value is -0.780. The summed E-state index contributed by atoms with van der Waals surface area (Å²) in [5, 5.41) is 0. The molecule has 4 nitrogen and oxygen atoms in total. The molecule has 0 atom stereocenters. The quantitative estimate of drug-likeness (QED) is 0.846. The van der Waals surface area contributed by atoms with Gasteiger partial charge in [-0.2, -0.15) is 0 Å². The maximum atomic E-state index is 5.47. The van der Waals surface area contributed by atoms with Crippen molar-refractivity contribution in [1.29, 1.82) is 0 Å². The third-order valence-electron chi connectivity index (χ3n) is 3.54. The van der Waals surface area contributed by atoms with E-state index in [9.17, 15) is 0 Å². The van der Waals surface area contributed by atoms with E-state index in [0.29, 0.717) is 0 Å². The Morgan fingerprint density at radius 2 is 1.68 bits per heavy atom. The first-order valence-electron chi connectivity index (χ1n) is 6.45. The second-order valence-corrected chi connectivity index (χ2v) is 5.73. The van der Waals surface area contributed by atoms with E-state index in [0.717, 1.165) is 48.7 Å². The molecule has 0 N–H and O–H groups in total. The minimum Gasteiger partial charge on any atom is -0.496 e. The molecule has 0 spiro atoms. The zero-order chi connectivity index (χ0) is 13.8. The second kappa shape index (κ2) is 6.59. The molecule has 19 heavy (non-hydrogen) atoms. The minimum absolute atomic E-state index is 0.805. The summed E-state index contributed by atoms with van der Waals surface area (Å²) in [4.78, 5) is 4.81. The molecule has 0 aromatic heterocycles. The first-order chi connectivity index (χ1) is 9.13. The van der Waals surface area contributed by atoms with Gasteiger partial charge in [-0.1, -0.05) is 0 Å². The van der Waals surface area contributed by atoms with Crippen LogP contribution in [0.25, 0.3) is 0 Å². The molecule has 0 radical (unpaired) electrons. The van der Waals surface area contributed by atoms with Crippen molar-refractivity contribution in [3.05, 3.63) is 22.2 Å². The molecule has 0 amide bonds. The molecule has 0 unspecified atom stereocenters. The van der Waals surface area contributed by atoms with Crippen molar-refractivity contribution in [3.8, 4) is 11.5 Å². The largest absolute Gasteiger partial charge is 0.496 e. The SMILES string of the molecule is COc1cc(OC)c(CN2CCN(C)CC2)cc1Br. The van der Waals surface area contributed by atoms with Gasteiger partial charge in [0.2, 0.25) is 0 Å². The standard InChI is InChI=1S/C14H21BrN2O2/c1-16-4-6-17(7-5-16)10-11-8-12(15)14(19-3)9-13(11)18-2/h8-9H,4-7,10H2,1-3H3. The molecule has 1 fully saturated rings. The highest BCUT2D eigenvalue weighted by Gasteiger charge is 2.17. The van der Waals surface area contributed by atoms with Crippen LogP contribution >= 0.6 is 15.9 Å². The van der Waals surface area contributed by atoms with Crippen LogP contribution in [0.1, 0.15) is 5.56 Å². The van der Waals surface area contributed by atoms with Crippen molar-refractivity contribution < 1.29 is 9.47 Å². The van der Waals surface area contributed by atoms with Crippen molar-refractivity contribution in [2.24, 2.45) is 0 Å². The van der Waals surface area contributed by atoms with Crippen LogP contribution < -0.4 is 9.47 Å². The van der Waals surface area contributed by atoms with Crippen molar-refractivity contribution in [3.63, 3.8) is 0 Å². The number of methoxy groups -OCH3 is 2. The van der Waals surface area contributed by atoms with Crippen LogP contribution in [0.4, 0.5) is 0 Å². The Kier molecular flexibility index (Phi) is 5.07. The van der Waals surface area contributed by atoms with Crippen molar-refractivity contribution in [1.82, 2.24) is 9.80 Å². The Bertz CT molecular complexity index is 432. The van der Waals surface area contributed by atoms with E-state index < -0.39 is 0 Å². The number of nitrogens with zero attached hydrogens (tertiary/aromatic N) is 2. The lowest BCUT2D eigenvalue weighted by molar-refractivity contribution is 0.147. The Morgan fingerprint density at radius 1 is 1.05 bits per heavy atom. The van der Waals surface area contributed by atoms with Crippen LogP contribution in [-0.4, -0.2) is 57.2 Å². The number of halogens is 1. The Labute approximate surface area is 123 Å². The second-order valence-electron chi connectivity index (χ2n) is 4.88. The molecule has 5 heteroatoms. The normalized spacial score (nSPS) is 17.5. The van der Waals surface area contributed by atoms with Crippen LogP contribution in [-0.2, 0) is 6.54 Å². The van der Waals surface area contributed by atoms with Crippen LogP contribution in [0.15, 0.2) is 16.6 Å². The summed E-state index contributed by atoms with van der Waals surface area (Å²) >= 11 is 3.54. The molecule has 1 aliphatic heterocycles. The lowest BCUT2D eigenvalue weighted by atomic mass is 10.1. The smallest absolute Gasteiger partial charge is 0.136 e. The number of benzene rings is 1. The summed E-state index contributed by atoms with van der Waals surface area (Å²) in [6.45, 7) is 5.37. The topological polar surface area (TPSA) is 24.9 Å². The number of hydrogen-bond donors (Lipinski definition) is 0. The van der Waals surface area contributed by atoms with Gasteiger partial charge in [0.1, 0.15) is 11.5 Å². The minimum atomic E-state index is 0.805. The summed E-state index contributed by atoms with van der Waals surface area (Å²) in [7, 11) is 5.54. The van der Waals surface area contributed by atoms with E-state index >= 15 is 0 Å². The van der Waals surface area contributed by atoms with Gasteiger partial charge in [-0.3, -0.25) is 4.90 Å². The lowest BCUT2D eigenvalue weighted by Crippen LogP contribution is -2.43. The van der Waals surface area contributed by atoms with Crippen LogP contribution in [0.5, 0.6) is 11.5 Å². The lowest BCUT2D eigenvalue weighted by Gasteiger charge is -2.32.